The maximum absolute atomic E-state index is 5.44. The van der Waals surface area contributed by atoms with E-state index in [-0.39, 0.29) is 5.60 Å². The number of alkyl halides is 1. The van der Waals surface area contributed by atoms with E-state index in [2.05, 4.69) is 22.9 Å². The van der Waals surface area contributed by atoms with Gasteiger partial charge < -0.3 is 4.74 Å². The Bertz CT molecular complexity index is 76.6. The summed E-state index contributed by atoms with van der Waals surface area (Å²) < 4.78 is 5.44. The molecular formula is C6H11BrO. The number of ether oxygens (including phenoxy) is 1. The molecule has 0 N–H and O–H groups in total. The molecule has 1 rings (SSSR count). The van der Waals surface area contributed by atoms with Gasteiger partial charge >= 0.3 is 0 Å². The first kappa shape index (κ1) is 6.56. The first-order valence-electron chi connectivity index (χ1n) is 2.97. The van der Waals surface area contributed by atoms with Crippen LogP contribution >= 0.6 is 15.9 Å². The van der Waals surface area contributed by atoms with Gasteiger partial charge in [-0.25, -0.2) is 0 Å². The summed E-state index contributed by atoms with van der Waals surface area (Å²) in [6.45, 7) is 3.09. The van der Waals surface area contributed by atoms with Gasteiger partial charge in [0.2, 0.25) is 0 Å². The molecule has 0 aliphatic carbocycles. The van der Waals surface area contributed by atoms with Gasteiger partial charge in [0.05, 0.1) is 5.60 Å². The van der Waals surface area contributed by atoms with Crippen LogP contribution in [0.25, 0.3) is 0 Å². The molecule has 1 nitrogen and oxygen atoms in total. The summed E-state index contributed by atoms with van der Waals surface area (Å²) in [6.07, 6.45) is 2.43. The molecule has 1 saturated heterocycles. The van der Waals surface area contributed by atoms with Crippen molar-refractivity contribution in [3.63, 3.8) is 0 Å². The van der Waals surface area contributed by atoms with E-state index in [4.69, 9.17) is 4.74 Å². The second kappa shape index (κ2) is 2.36. The van der Waals surface area contributed by atoms with Gasteiger partial charge in [0.1, 0.15) is 0 Å². The standard InChI is InChI=1S/C6H11BrO/c1-6(5-7)3-2-4-8-6/h2-5H2,1H3/t6-/m0/s1. The highest BCUT2D eigenvalue weighted by Crippen LogP contribution is 2.26. The van der Waals surface area contributed by atoms with Crippen LogP contribution in [0.2, 0.25) is 0 Å². The Balaban J connectivity index is 2.40. The molecule has 0 aromatic carbocycles. The summed E-state index contributed by atoms with van der Waals surface area (Å²) in [5.74, 6) is 0. The number of hydrogen-bond acceptors (Lipinski definition) is 1. The highest BCUT2D eigenvalue weighted by atomic mass is 79.9. The molecule has 1 aliphatic heterocycles. The topological polar surface area (TPSA) is 9.23 Å². The van der Waals surface area contributed by atoms with E-state index >= 15 is 0 Å². The third kappa shape index (κ3) is 1.23. The summed E-state index contributed by atoms with van der Waals surface area (Å²) in [5.41, 5.74) is 0.153. The molecule has 0 bridgehead atoms. The summed E-state index contributed by atoms with van der Waals surface area (Å²) in [4.78, 5) is 0. The fourth-order valence-electron chi connectivity index (χ4n) is 0.942. The van der Waals surface area contributed by atoms with Gasteiger partial charge in [0, 0.05) is 11.9 Å². The first-order valence-corrected chi connectivity index (χ1v) is 4.09. The molecule has 0 amide bonds. The largest absolute Gasteiger partial charge is 0.374 e. The molecule has 1 fully saturated rings. The molecule has 48 valence electrons. The zero-order valence-electron chi connectivity index (χ0n) is 5.11. The Kier molecular flexibility index (Phi) is 1.93. The monoisotopic (exact) mass is 178 g/mol. The Morgan fingerprint density at radius 2 is 2.50 bits per heavy atom. The van der Waals surface area contributed by atoms with Gasteiger partial charge in [-0.1, -0.05) is 15.9 Å². The van der Waals surface area contributed by atoms with Crippen molar-refractivity contribution >= 4 is 15.9 Å². The molecule has 0 radical (unpaired) electrons. The second-order valence-electron chi connectivity index (χ2n) is 2.54. The molecule has 1 aliphatic rings. The van der Waals surface area contributed by atoms with Gasteiger partial charge in [0.25, 0.3) is 0 Å². The lowest BCUT2D eigenvalue weighted by Crippen LogP contribution is -2.24. The lowest BCUT2D eigenvalue weighted by molar-refractivity contribution is 0.0418. The van der Waals surface area contributed by atoms with Gasteiger partial charge in [-0.05, 0) is 19.8 Å². The van der Waals surface area contributed by atoms with Crippen LogP contribution in [0.4, 0.5) is 0 Å². The number of halogens is 1. The summed E-state index contributed by atoms with van der Waals surface area (Å²) >= 11 is 3.41. The van der Waals surface area contributed by atoms with Crippen LogP contribution in [0.1, 0.15) is 19.8 Å². The van der Waals surface area contributed by atoms with Crippen LogP contribution in [-0.4, -0.2) is 17.5 Å². The molecule has 0 aromatic heterocycles. The Hall–Kier alpha value is 0.440. The minimum absolute atomic E-state index is 0.153. The lowest BCUT2D eigenvalue weighted by Gasteiger charge is -2.18. The van der Waals surface area contributed by atoms with Crippen molar-refractivity contribution < 1.29 is 4.74 Å². The Morgan fingerprint density at radius 1 is 1.75 bits per heavy atom. The van der Waals surface area contributed by atoms with E-state index in [9.17, 15) is 0 Å². The van der Waals surface area contributed by atoms with Crippen molar-refractivity contribution in [1.29, 1.82) is 0 Å². The molecular weight excluding hydrogens is 168 g/mol. The van der Waals surface area contributed by atoms with Gasteiger partial charge in [-0.2, -0.15) is 0 Å². The van der Waals surface area contributed by atoms with Crippen LogP contribution in [0, 0.1) is 0 Å². The van der Waals surface area contributed by atoms with Crippen LogP contribution < -0.4 is 0 Å². The molecule has 0 spiro atoms. The third-order valence-electron chi connectivity index (χ3n) is 1.58. The molecule has 1 atom stereocenters. The first-order chi connectivity index (χ1) is 3.77. The van der Waals surface area contributed by atoms with Crippen molar-refractivity contribution in [2.75, 3.05) is 11.9 Å². The van der Waals surface area contributed by atoms with Gasteiger partial charge in [-0.15, -0.1) is 0 Å². The molecule has 0 saturated carbocycles. The maximum Gasteiger partial charge on any atom is 0.0751 e. The van der Waals surface area contributed by atoms with E-state index in [0.29, 0.717) is 0 Å². The summed E-state index contributed by atoms with van der Waals surface area (Å²) in [5, 5.41) is 0.972. The molecule has 1 heterocycles. The number of rotatable bonds is 1. The van der Waals surface area contributed by atoms with Crippen molar-refractivity contribution in [3.8, 4) is 0 Å². The average molecular weight is 179 g/mol. The minimum Gasteiger partial charge on any atom is -0.374 e. The van der Waals surface area contributed by atoms with E-state index in [0.717, 1.165) is 11.9 Å². The van der Waals surface area contributed by atoms with Gasteiger partial charge in [-0.3, -0.25) is 0 Å². The second-order valence-corrected chi connectivity index (χ2v) is 3.10. The zero-order chi connectivity index (χ0) is 6.04. The normalized spacial score (nSPS) is 38.2. The van der Waals surface area contributed by atoms with Crippen LogP contribution in [0.5, 0.6) is 0 Å². The van der Waals surface area contributed by atoms with Crippen molar-refractivity contribution in [3.05, 3.63) is 0 Å². The fraction of sp³-hybridized carbons (Fsp3) is 1.00. The number of hydrogen-bond donors (Lipinski definition) is 0. The van der Waals surface area contributed by atoms with E-state index in [1.807, 2.05) is 0 Å². The van der Waals surface area contributed by atoms with E-state index in [1.54, 1.807) is 0 Å². The SMILES string of the molecule is C[C@@]1(CBr)CCCO1. The summed E-state index contributed by atoms with van der Waals surface area (Å²) in [6, 6.07) is 0. The predicted octanol–water partition coefficient (Wildman–Crippen LogP) is 1.95. The summed E-state index contributed by atoms with van der Waals surface area (Å²) in [7, 11) is 0. The minimum atomic E-state index is 0.153. The lowest BCUT2D eigenvalue weighted by atomic mass is 10.1. The molecule has 0 aromatic rings. The highest BCUT2D eigenvalue weighted by Gasteiger charge is 2.27. The zero-order valence-corrected chi connectivity index (χ0v) is 6.70. The third-order valence-corrected chi connectivity index (χ3v) is 2.77. The average Bonchev–Trinajstić information content (AvgIpc) is 2.17. The highest BCUT2D eigenvalue weighted by molar-refractivity contribution is 9.09. The molecule has 8 heavy (non-hydrogen) atoms. The molecule has 2 heteroatoms. The smallest absolute Gasteiger partial charge is 0.0751 e. The predicted molar refractivity (Wildman–Crippen MR) is 37.4 cm³/mol. The van der Waals surface area contributed by atoms with E-state index < -0.39 is 0 Å². The Morgan fingerprint density at radius 3 is 2.75 bits per heavy atom. The molecule has 0 unspecified atom stereocenters. The van der Waals surface area contributed by atoms with Gasteiger partial charge in [0.15, 0.2) is 0 Å². The van der Waals surface area contributed by atoms with Crippen molar-refractivity contribution in [1.82, 2.24) is 0 Å². The Labute approximate surface area is 58.5 Å². The van der Waals surface area contributed by atoms with Crippen LogP contribution in [0.3, 0.4) is 0 Å². The van der Waals surface area contributed by atoms with Crippen LogP contribution in [0.15, 0.2) is 0 Å². The van der Waals surface area contributed by atoms with E-state index in [1.165, 1.54) is 12.8 Å². The fourth-order valence-corrected chi connectivity index (χ4v) is 1.38. The van der Waals surface area contributed by atoms with Crippen LogP contribution in [-0.2, 0) is 4.74 Å². The van der Waals surface area contributed by atoms with Crippen molar-refractivity contribution in [2.24, 2.45) is 0 Å². The quantitative estimate of drug-likeness (QED) is 0.559. The maximum atomic E-state index is 5.44. The van der Waals surface area contributed by atoms with Crippen molar-refractivity contribution in [2.45, 2.75) is 25.4 Å².